The second-order valence-electron chi connectivity index (χ2n) is 6.26. The van der Waals surface area contributed by atoms with Crippen molar-refractivity contribution in [3.8, 4) is 17.6 Å². The summed E-state index contributed by atoms with van der Waals surface area (Å²) in [6.07, 6.45) is 1.28. The molecule has 0 aliphatic rings. The van der Waals surface area contributed by atoms with E-state index in [1.54, 1.807) is 54.6 Å². The summed E-state index contributed by atoms with van der Waals surface area (Å²) in [7, 11) is -2.46. The number of hydrogen-bond donors (Lipinski definition) is 0. The highest BCUT2D eigenvalue weighted by Gasteiger charge is 2.20. The molecule has 30 heavy (non-hydrogen) atoms. The fourth-order valence-corrected chi connectivity index (χ4v) is 3.87. The minimum Gasteiger partial charge on any atom is -0.493 e. The van der Waals surface area contributed by atoms with Gasteiger partial charge in [0.15, 0.2) is 11.5 Å². The number of benzene rings is 3. The lowest BCUT2D eigenvalue weighted by Crippen LogP contribution is -2.03. The fraction of sp³-hybridized carbons (Fsp3) is 0.0870. The van der Waals surface area contributed by atoms with Crippen molar-refractivity contribution >= 4 is 15.9 Å². The van der Waals surface area contributed by atoms with Crippen molar-refractivity contribution in [1.29, 1.82) is 5.26 Å². The van der Waals surface area contributed by atoms with Gasteiger partial charge in [-0.3, -0.25) is 0 Å². The first-order valence-corrected chi connectivity index (χ1v) is 10.4. The average Bonchev–Trinajstić information content (AvgIpc) is 2.77. The van der Waals surface area contributed by atoms with Crippen LogP contribution in [0.4, 0.5) is 4.39 Å². The average molecular weight is 423 g/mol. The Bertz CT molecular complexity index is 1200. The van der Waals surface area contributed by atoms with Crippen molar-refractivity contribution in [2.24, 2.45) is 0 Å². The fourth-order valence-electron chi connectivity index (χ4n) is 2.69. The molecular weight excluding hydrogens is 405 g/mol. The Hall–Kier alpha value is -3.63. The van der Waals surface area contributed by atoms with Crippen molar-refractivity contribution in [1.82, 2.24) is 0 Å². The maximum Gasteiger partial charge on any atom is 0.216 e. The van der Waals surface area contributed by atoms with Gasteiger partial charge in [-0.05, 0) is 53.6 Å². The summed E-state index contributed by atoms with van der Waals surface area (Å²) in [5.74, 6) is 0.468. The number of sulfone groups is 1. The summed E-state index contributed by atoms with van der Waals surface area (Å²) >= 11 is 0. The highest BCUT2D eigenvalue weighted by molar-refractivity contribution is 7.95. The van der Waals surface area contributed by atoms with Crippen LogP contribution < -0.4 is 9.47 Å². The maximum atomic E-state index is 13.1. The third-order valence-corrected chi connectivity index (χ3v) is 5.93. The number of nitriles is 1. The molecule has 0 heterocycles. The zero-order valence-corrected chi connectivity index (χ0v) is 16.9. The predicted octanol–water partition coefficient (Wildman–Crippen LogP) is 4.75. The summed E-state index contributed by atoms with van der Waals surface area (Å²) in [6.45, 7) is 0.164. The number of nitrogens with zero attached hydrogens (tertiary/aromatic N) is 1. The van der Waals surface area contributed by atoms with E-state index < -0.39 is 9.84 Å². The number of halogens is 1. The molecule has 7 heteroatoms. The summed E-state index contributed by atoms with van der Waals surface area (Å²) in [5, 5.41) is 9.44. The number of allylic oxidation sites excluding steroid dienone is 1. The Morgan fingerprint density at radius 1 is 1.03 bits per heavy atom. The van der Waals surface area contributed by atoms with Crippen LogP contribution in [0.2, 0.25) is 0 Å². The Morgan fingerprint density at radius 2 is 1.73 bits per heavy atom. The lowest BCUT2D eigenvalue weighted by molar-refractivity contribution is 0.284. The first kappa shape index (κ1) is 21.1. The monoisotopic (exact) mass is 423 g/mol. The molecule has 0 unspecified atom stereocenters. The van der Waals surface area contributed by atoms with E-state index in [0.29, 0.717) is 17.1 Å². The van der Waals surface area contributed by atoms with Crippen LogP contribution in [0.1, 0.15) is 11.1 Å². The Balaban J connectivity index is 1.91. The van der Waals surface area contributed by atoms with E-state index in [4.69, 9.17) is 9.47 Å². The molecule has 5 nitrogen and oxygen atoms in total. The second-order valence-corrected chi connectivity index (χ2v) is 8.18. The molecular formula is C23H18FNO4S. The van der Waals surface area contributed by atoms with Crippen LogP contribution >= 0.6 is 0 Å². The Kier molecular flexibility index (Phi) is 6.50. The van der Waals surface area contributed by atoms with Crippen molar-refractivity contribution in [3.05, 3.63) is 94.6 Å². The number of methoxy groups -OCH3 is 1. The first-order valence-electron chi connectivity index (χ1n) is 8.91. The minimum atomic E-state index is -3.94. The molecule has 3 aromatic rings. The smallest absolute Gasteiger partial charge is 0.216 e. The number of ether oxygens (including phenoxy) is 2. The maximum absolute atomic E-state index is 13.1. The molecule has 0 aliphatic heterocycles. The number of hydrogen-bond acceptors (Lipinski definition) is 5. The summed E-state index contributed by atoms with van der Waals surface area (Å²) in [4.78, 5) is -0.345. The van der Waals surface area contributed by atoms with Gasteiger partial charge in [-0.25, -0.2) is 12.8 Å². The molecule has 0 spiro atoms. The van der Waals surface area contributed by atoms with Gasteiger partial charge in [0, 0.05) is 0 Å². The zero-order valence-electron chi connectivity index (χ0n) is 16.1. The van der Waals surface area contributed by atoms with Crippen LogP contribution in [0.3, 0.4) is 0 Å². The van der Waals surface area contributed by atoms with E-state index in [9.17, 15) is 18.1 Å². The SMILES string of the molecule is COc1ccc(/C=C(/C#N)S(=O)(=O)c2ccccc2)cc1OCc1ccc(F)cc1. The third-order valence-electron chi connectivity index (χ3n) is 4.25. The van der Waals surface area contributed by atoms with E-state index in [0.717, 1.165) is 5.56 Å². The van der Waals surface area contributed by atoms with Crippen molar-refractivity contribution in [2.45, 2.75) is 11.5 Å². The largest absolute Gasteiger partial charge is 0.493 e. The van der Waals surface area contributed by atoms with Gasteiger partial charge in [0.05, 0.1) is 12.0 Å². The van der Waals surface area contributed by atoms with Crippen LogP contribution in [0.5, 0.6) is 11.5 Å². The van der Waals surface area contributed by atoms with Crippen LogP contribution in [-0.4, -0.2) is 15.5 Å². The van der Waals surface area contributed by atoms with Crippen molar-refractivity contribution in [2.75, 3.05) is 7.11 Å². The summed E-state index contributed by atoms with van der Waals surface area (Å²) in [5.41, 5.74) is 1.21. The van der Waals surface area contributed by atoms with Gasteiger partial charge >= 0.3 is 0 Å². The van der Waals surface area contributed by atoms with Gasteiger partial charge in [-0.1, -0.05) is 36.4 Å². The highest BCUT2D eigenvalue weighted by atomic mass is 32.2. The van der Waals surface area contributed by atoms with Crippen molar-refractivity contribution in [3.63, 3.8) is 0 Å². The molecule has 0 radical (unpaired) electrons. The molecule has 3 rings (SSSR count). The Labute approximate surface area is 174 Å². The first-order chi connectivity index (χ1) is 14.4. The molecule has 0 fully saturated rings. The predicted molar refractivity (Wildman–Crippen MR) is 111 cm³/mol. The lowest BCUT2D eigenvalue weighted by Gasteiger charge is -2.12. The molecule has 152 valence electrons. The highest BCUT2D eigenvalue weighted by Crippen LogP contribution is 2.30. The normalized spacial score (nSPS) is 11.6. The van der Waals surface area contributed by atoms with Gasteiger partial charge in [0.1, 0.15) is 23.4 Å². The molecule has 0 saturated carbocycles. The molecule has 0 aromatic heterocycles. The van der Waals surface area contributed by atoms with E-state index in [1.165, 1.54) is 37.5 Å². The van der Waals surface area contributed by atoms with E-state index in [2.05, 4.69) is 0 Å². The van der Waals surface area contributed by atoms with E-state index in [1.807, 2.05) is 0 Å². The van der Waals surface area contributed by atoms with Crippen molar-refractivity contribution < 1.29 is 22.3 Å². The third kappa shape index (κ3) is 4.85. The van der Waals surface area contributed by atoms with Gasteiger partial charge in [0.25, 0.3) is 0 Å². The quantitative estimate of drug-likeness (QED) is 0.513. The van der Waals surface area contributed by atoms with Gasteiger partial charge in [0.2, 0.25) is 9.84 Å². The Morgan fingerprint density at radius 3 is 2.37 bits per heavy atom. The molecule has 0 amide bonds. The minimum absolute atomic E-state index is 0.0408. The molecule has 0 N–H and O–H groups in total. The van der Waals surface area contributed by atoms with Crippen LogP contribution in [0.25, 0.3) is 6.08 Å². The van der Waals surface area contributed by atoms with Gasteiger partial charge < -0.3 is 9.47 Å². The van der Waals surface area contributed by atoms with Crippen LogP contribution in [0.15, 0.2) is 82.6 Å². The van der Waals surface area contributed by atoms with Crippen LogP contribution in [0, 0.1) is 17.1 Å². The summed E-state index contributed by atoms with van der Waals surface area (Å²) in [6, 6.07) is 20.2. The zero-order chi connectivity index (χ0) is 21.6. The standard InChI is InChI=1S/C23H18FNO4S/c1-28-22-12-9-18(14-23(22)29-16-17-7-10-19(24)11-8-17)13-21(15-25)30(26,27)20-5-3-2-4-6-20/h2-14H,16H2,1H3/b21-13-. The molecule has 0 bridgehead atoms. The van der Waals surface area contributed by atoms with Gasteiger partial charge in [-0.2, -0.15) is 5.26 Å². The van der Waals surface area contributed by atoms with E-state index >= 15 is 0 Å². The number of rotatable bonds is 7. The summed E-state index contributed by atoms with van der Waals surface area (Å²) < 4.78 is 49.6. The second kappa shape index (κ2) is 9.25. The topological polar surface area (TPSA) is 76.4 Å². The molecule has 0 atom stereocenters. The lowest BCUT2D eigenvalue weighted by atomic mass is 10.2. The molecule has 0 aliphatic carbocycles. The van der Waals surface area contributed by atoms with E-state index in [-0.39, 0.29) is 22.2 Å². The van der Waals surface area contributed by atoms with Crippen LogP contribution in [-0.2, 0) is 16.4 Å². The van der Waals surface area contributed by atoms with Gasteiger partial charge in [-0.15, -0.1) is 0 Å². The molecule has 3 aromatic carbocycles. The molecule has 0 saturated heterocycles.